The van der Waals surface area contributed by atoms with Gasteiger partial charge in [-0.1, -0.05) is 19.1 Å². The molecule has 0 saturated carbocycles. The number of likely N-dealkylation sites (tertiary alicyclic amines) is 1. The number of hydrogen-bond acceptors (Lipinski definition) is 3. The molecule has 0 amide bonds. The van der Waals surface area contributed by atoms with Gasteiger partial charge in [-0.05, 0) is 69.6 Å². The maximum Gasteiger partial charge on any atom is 0.118 e. The number of hydrogen-bond donors (Lipinski definition) is 1. The van der Waals surface area contributed by atoms with Gasteiger partial charge in [0.05, 0.1) is 7.11 Å². The summed E-state index contributed by atoms with van der Waals surface area (Å²) >= 11 is 0. The highest BCUT2D eigenvalue weighted by atomic mass is 16.5. The van der Waals surface area contributed by atoms with Crippen LogP contribution < -0.4 is 10.1 Å². The van der Waals surface area contributed by atoms with Gasteiger partial charge in [0, 0.05) is 6.04 Å². The summed E-state index contributed by atoms with van der Waals surface area (Å²) in [6.45, 7) is 9.18. The number of rotatable bonds is 6. The van der Waals surface area contributed by atoms with E-state index in [2.05, 4.69) is 48.3 Å². The highest BCUT2D eigenvalue weighted by Crippen LogP contribution is 2.27. The van der Waals surface area contributed by atoms with Crippen molar-refractivity contribution in [2.45, 2.75) is 32.7 Å². The Morgan fingerprint density at radius 3 is 2.45 bits per heavy atom. The Morgan fingerprint density at radius 1 is 1.25 bits per heavy atom. The Hall–Kier alpha value is -1.06. The van der Waals surface area contributed by atoms with E-state index in [1.54, 1.807) is 7.11 Å². The summed E-state index contributed by atoms with van der Waals surface area (Å²) in [5, 5.41) is 3.47. The zero-order valence-corrected chi connectivity index (χ0v) is 13.1. The summed E-state index contributed by atoms with van der Waals surface area (Å²) in [5.41, 5.74) is 1.39. The summed E-state index contributed by atoms with van der Waals surface area (Å²) in [4.78, 5) is 2.60. The lowest BCUT2D eigenvalue weighted by molar-refractivity contribution is 0.140. The van der Waals surface area contributed by atoms with Crippen LogP contribution >= 0.6 is 0 Å². The molecular weight excluding hydrogens is 248 g/mol. The van der Waals surface area contributed by atoms with Crippen LogP contribution in [0.3, 0.4) is 0 Å². The molecule has 1 saturated heterocycles. The van der Waals surface area contributed by atoms with Crippen LogP contribution in [-0.2, 0) is 0 Å². The first-order chi connectivity index (χ1) is 9.74. The average molecular weight is 276 g/mol. The van der Waals surface area contributed by atoms with Gasteiger partial charge in [-0.15, -0.1) is 0 Å². The van der Waals surface area contributed by atoms with Crippen LogP contribution in [0.1, 0.15) is 38.3 Å². The van der Waals surface area contributed by atoms with E-state index in [9.17, 15) is 0 Å². The summed E-state index contributed by atoms with van der Waals surface area (Å²) in [6, 6.07) is 9.00. The number of benzene rings is 1. The molecule has 3 nitrogen and oxygen atoms in total. The maximum atomic E-state index is 5.23. The van der Waals surface area contributed by atoms with Crippen LogP contribution in [0, 0.1) is 5.92 Å². The quantitative estimate of drug-likeness (QED) is 0.864. The first-order valence-electron chi connectivity index (χ1n) is 7.83. The summed E-state index contributed by atoms with van der Waals surface area (Å²) in [7, 11) is 1.72. The van der Waals surface area contributed by atoms with Gasteiger partial charge >= 0.3 is 0 Å². The van der Waals surface area contributed by atoms with Gasteiger partial charge in [0.25, 0.3) is 0 Å². The van der Waals surface area contributed by atoms with Gasteiger partial charge in [0.15, 0.2) is 0 Å². The summed E-state index contributed by atoms with van der Waals surface area (Å²) in [6.07, 6.45) is 2.63. The van der Waals surface area contributed by atoms with Crippen LogP contribution in [0.2, 0.25) is 0 Å². The number of nitrogens with zero attached hydrogens (tertiary/aromatic N) is 1. The van der Waals surface area contributed by atoms with Crippen molar-refractivity contribution in [1.82, 2.24) is 10.2 Å². The van der Waals surface area contributed by atoms with E-state index in [0.29, 0.717) is 6.04 Å². The Balaban J connectivity index is 1.85. The van der Waals surface area contributed by atoms with Gasteiger partial charge in [-0.3, -0.25) is 4.90 Å². The van der Waals surface area contributed by atoms with Crippen molar-refractivity contribution in [3.63, 3.8) is 0 Å². The van der Waals surface area contributed by atoms with Crippen molar-refractivity contribution in [2.24, 2.45) is 5.92 Å². The Bertz CT molecular complexity index is 382. The smallest absolute Gasteiger partial charge is 0.118 e. The largest absolute Gasteiger partial charge is 0.497 e. The van der Waals surface area contributed by atoms with E-state index in [0.717, 1.165) is 18.2 Å². The van der Waals surface area contributed by atoms with Crippen LogP contribution in [0.15, 0.2) is 24.3 Å². The molecule has 1 N–H and O–H groups in total. The second-order valence-electron chi connectivity index (χ2n) is 5.74. The molecule has 1 heterocycles. The summed E-state index contributed by atoms with van der Waals surface area (Å²) < 4.78 is 5.23. The number of nitrogens with one attached hydrogen (secondary N) is 1. The number of methoxy groups -OCH3 is 1. The second kappa shape index (κ2) is 7.65. The standard InChI is InChI=1S/C17H28N2O/c1-4-18-13-15-9-11-19(12-10-15)14(2)16-5-7-17(20-3)8-6-16/h5-8,14-15,18H,4,9-13H2,1-3H3. The SMILES string of the molecule is CCNCC1CCN(C(C)c2ccc(OC)cc2)CC1. The van der Waals surface area contributed by atoms with Gasteiger partial charge in [0.2, 0.25) is 0 Å². The predicted molar refractivity (Wildman–Crippen MR) is 84.2 cm³/mol. The minimum Gasteiger partial charge on any atom is -0.497 e. The molecule has 1 atom stereocenters. The van der Waals surface area contributed by atoms with E-state index in [4.69, 9.17) is 4.74 Å². The Labute approximate surface area is 123 Å². The Morgan fingerprint density at radius 2 is 1.90 bits per heavy atom. The molecule has 1 aromatic carbocycles. The lowest BCUT2D eigenvalue weighted by Crippen LogP contribution is -2.38. The lowest BCUT2D eigenvalue weighted by atomic mass is 9.94. The third kappa shape index (κ3) is 3.97. The molecule has 3 heteroatoms. The van der Waals surface area contributed by atoms with Crippen LogP contribution in [0.4, 0.5) is 0 Å². The molecule has 0 bridgehead atoms. The second-order valence-corrected chi connectivity index (χ2v) is 5.74. The van der Waals surface area contributed by atoms with Crippen LogP contribution in [0.25, 0.3) is 0 Å². The topological polar surface area (TPSA) is 24.5 Å². The fourth-order valence-corrected chi connectivity index (χ4v) is 2.99. The first kappa shape index (κ1) is 15.3. The van der Waals surface area contributed by atoms with Crippen molar-refractivity contribution in [2.75, 3.05) is 33.3 Å². The minimum atomic E-state index is 0.501. The van der Waals surface area contributed by atoms with Gasteiger partial charge < -0.3 is 10.1 Å². The average Bonchev–Trinajstić information content (AvgIpc) is 2.53. The third-order valence-electron chi connectivity index (χ3n) is 4.48. The summed E-state index contributed by atoms with van der Waals surface area (Å²) in [5.74, 6) is 1.79. The monoisotopic (exact) mass is 276 g/mol. The van der Waals surface area contributed by atoms with Crippen molar-refractivity contribution < 1.29 is 4.74 Å². The molecule has 0 spiro atoms. The normalized spacial score (nSPS) is 18.9. The molecule has 2 rings (SSSR count). The molecule has 1 fully saturated rings. The van der Waals surface area contributed by atoms with Crippen molar-refractivity contribution in [3.05, 3.63) is 29.8 Å². The van der Waals surface area contributed by atoms with Gasteiger partial charge in [-0.2, -0.15) is 0 Å². The van der Waals surface area contributed by atoms with Crippen LogP contribution in [0.5, 0.6) is 5.75 Å². The first-order valence-corrected chi connectivity index (χ1v) is 7.83. The van der Waals surface area contributed by atoms with Gasteiger partial charge in [0.1, 0.15) is 5.75 Å². The van der Waals surface area contributed by atoms with Gasteiger partial charge in [-0.25, -0.2) is 0 Å². The zero-order chi connectivity index (χ0) is 14.4. The lowest BCUT2D eigenvalue weighted by Gasteiger charge is -2.36. The molecule has 0 aliphatic carbocycles. The highest BCUT2D eigenvalue weighted by molar-refractivity contribution is 5.28. The Kier molecular flexibility index (Phi) is 5.86. The van der Waals surface area contributed by atoms with E-state index >= 15 is 0 Å². The molecule has 20 heavy (non-hydrogen) atoms. The van der Waals surface area contributed by atoms with E-state index in [1.807, 2.05) is 0 Å². The van der Waals surface area contributed by atoms with Crippen molar-refractivity contribution >= 4 is 0 Å². The molecule has 0 aromatic heterocycles. The number of ether oxygens (including phenoxy) is 1. The highest BCUT2D eigenvalue weighted by Gasteiger charge is 2.23. The van der Waals surface area contributed by atoms with Crippen LogP contribution in [-0.4, -0.2) is 38.2 Å². The third-order valence-corrected chi connectivity index (χ3v) is 4.48. The molecule has 1 aromatic rings. The van der Waals surface area contributed by atoms with E-state index in [1.165, 1.54) is 38.0 Å². The minimum absolute atomic E-state index is 0.501. The number of piperidine rings is 1. The fourth-order valence-electron chi connectivity index (χ4n) is 2.99. The molecule has 1 aliphatic rings. The molecule has 0 radical (unpaired) electrons. The van der Waals surface area contributed by atoms with Crippen molar-refractivity contribution in [1.29, 1.82) is 0 Å². The molecular formula is C17H28N2O. The predicted octanol–water partition coefficient (Wildman–Crippen LogP) is 3.08. The zero-order valence-electron chi connectivity index (χ0n) is 13.1. The van der Waals surface area contributed by atoms with Crippen molar-refractivity contribution in [3.8, 4) is 5.75 Å². The molecule has 112 valence electrons. The molecule has 1 aliphatic heterocycles. The molecule has 1 unspecified atom stereocenters. The van der Waals surface area contributed by atoms with E-state index < -0.39 is 0 Å². The van der Waals surface area contributed by atoms with E-state index in [-0.39, 0.29) is 0 Å². The maximum absolute atomic E-state index is 5.23. The fraction of sp³-hybridized carbons (Fsp3) is 0.647.